The molecule has 0 aliphatic carbocycles. The normalized spacial score (nSPS) is 16.0. The van der Waals surface area contributed by atoms with E-state index in [1.54, 1.807) is 23.6 Å². The number of aromatic nitrogens is 1. The van der Waals surface area contributed by atoms with Crippen LogP contribution >= 0.6 is 11.3 Å². The van der Waals surface area contributed by atoms with Crippen LogP contribution in [0, 0.1) is 0 Å². The summed E-state index contributed by atoms with van der Waals surface area (Å²) in [4.78, 5) is 28.4. The Bertz CT molecular complexity index is 1130. The fourth-order valence-corrected chi connectivity index (χ4v) is 4.93. The van der Waals surface area contributed by atoms with Gasteiger partial charge in [-0.3, -0.25) is 19.1 Å². The Morgan fingerprint density at radius 3 is 2.47 bits per heavy atom. The molecule has 1 amide bonds. The van der Waals surface area contributed by atoms with Gasteiger partial charge in [-0.25, -0.2) is 0 Å². The second kappa shape index (κ2) is 7.99. The maximum Gasteiger partial charge on any atom is 0.308 e. The standard InChI is InChI=1S/C23H24N2O4S/c1-14(2)29-20-16(11-8-12-18(20)28-4)17-13-19(26)25(15-9-6-5-7-10-15)22-21(17)30-23(27)24(22)3/h5-12,14,17H,13H2,1-4H3/t17-/m1/s1. The molecule has 0 bridgehead atoms. The summed E-state index contributed by atoms with van der Waals surface area (Å²) in [5.74, 6) is 1.51. The van der Waals surface area contributed by atoms with E-state index < -0.39 is 0 Å². The zero-order valence-electron chi connectivity index (χ0n) is 17.4. The van der Waals surface area contributed by atoms with E-state index in [1.807, 2.05) is 62.4 Å². The molecule has 0 fully saturated rings. The number of ether oxygens (including phenoxy) is 2. The molecule has 7 heteroatoms. The highest BCUT2D eigenvalue weighted by atomic mass is 32.1. The number of methoxy groups -OCH3 is 1. The van der Waals surface area contributed by atoms with Gasteiger partial charge in [-0.2, -0.15) is 0 Å². The number of anilines is 2. The van der Waals surface area contributed by atoms with Crippen molar-refractivity contribution in [3.8, 4) is 11.5 Å². The molecule has 6 nitrogen and oxygen atoms in total. The van der Waals surface area contributed by atoms with Gasteiger partial charge in [0.25, 0.3) is 0 Å². The number of hydrogen-bond donors (Lipinski definition) is 0. The molecule has 1 aliphatic rings. The Balaban J connectivity index is 1.91. The van der Waals surface area contributed by atoms with Crippen LogP contribution in [-0.4, -0.2) is 23.7 Å². The summed E-state index contributed by atoms with van der Waals surface area (Å²) in [6.45, 7) is 3.90. The first-order valence-corrected chi connectivity index (χ1v) is 10.6. The van der Waals surface area contributed by atoms with Crippen molar-refractivity contribution in [2.24, 2.45) is 7.05 Å². The molecular weight excluding hydrogens is 400 g/mol. The van der Waals surface area contributed by atoms with Gasteiger partial charge < -0.3 is 9.47 Å². The number of nitrogens with zero attached hydrogens (tertiary/aromatic N) is 2. The number of carbonyl (C=O) groups is 1. The molecule has 0 radical (unpaired) electrons. The number of thiazole rings is 1. The van der Waals surface area contributed by atoms with Gasteiger partial charge in [-0.05, 0) is 32.0 Å². The average molecular weight is 425 g/mol. The lowest BCUT2D eigenvalue weighted by atomic mass is 9.89. The molecule has 2 aromatic carbocycles. The highest BCUT2D eigenvalue weighted by molar-refractivity contribution is 7.10. The van der Waals surface area contributed by atoms with E-state index in [9.17, 15) is 9.59 Å². The Kier molecular flexibility index (Phi) is 5.39. The van der Waals surface area contributed by atoms with Crippen LogP contribution in [0.25, 0.3) is 0 Å². The average Bonchev–Trinajstić information content (AvgIpc) is 3.02. The van der Waals surface area contributed by atoms with Crippen LogP contribution in [0.4, 0.5) is 11.5 Å². The van der Waals surface area contributed by atoms with Gasteiger partial charge in [-0.1, -0.05) is 41.7 Å². The molecular formula is C23H24N2O4S. The Hall–Kier alpha value is -3.06. The lowest BCUT2D eigenvalue weighted by molar-refractivity contribution is -0.118. The van der Waals surface area contributed by atoms with E-state index >= 15 is 0 Å². The van der Waals surface area contributed by atoms with Crippen LogP contribution in [0.5, 0.6) is 11.5 Å². The lowest BCUT2D eigenvalue weighted by Gasteiger charge is -2.33. The molecule has 1 atom stereocenters. The smallest absolute Gasteiger partial charge is 0.308 e. The molecule has 30 heavy (non-hydrogen) atoms. The predicted molar refractivity (Wildman–Crippen MR) is 118 cm³/mol. The summed E-state index contributed by atoms with van der Waals surface area (Å²) < 4.78 is 13.2. The number of carbonyl (C=O) groups excluding carboxylic acids is 1. The highest BCUT2D eigenvalue weighted by Crippen LogP contribution is 2.48. The molecule has 1 aliphatic heterocycles. The van der Waals surface area contributed by atoms with Crippen LogP contribution in [0.1, 0.15) is 36.6 Å². The second-order valence-electron chi connectivity index (χ2n) is 7.48. The highest BCUT2D eigenvalue weighted by Gasteiger charge is 2.39. The molecule has 0 N–H and O–H groups in total. The van der Waals surface area contributed by atoms with Crippen LogP contribution in [0.3, 0.4) is 0 Å². The van der Waals surface area contributed by atoms with Crippen molar-refractivity contribution in [3.63, 3.8) is 0 Å². The molecule has 3 aromatic rings. The molecule has 2 heterocycles. The van der Waals surface area contributed by atoms with E-state index in [0.29, 0.717) is 17.3 Å². The summed E-state index contributed by atoms with van der Waals surface area (Å²) in [5.41, 5.74) is 1.60. The van der Waals surface area contributed by atoms with Gasteiger partial charge in [0.2, 0.25) is 5.91 Å². The largest absolute Gasteiger partial charge is 0.493 e. The molecule has 0 spiro atoms. The number of benzene rings is 2. The van der Waals surface area contributed by atoms with Gasteiger partial charge in [0.1, 0.15) is 5.82 Å². The Morgan fingerprint density at radius 1 is 1.07 bits per heavy atom. The first-order valence-electron chi connectivity index (χ1n) is 9.83. The van der Waals surface area contributed by atoms with Gasteiger partial charge >= 0.3 is 4.87 Å². The van der Waals surface area contributed by atoms with Gasteiger partial charge in [-0.15, -0.1) is 0 Å². The van der Waals surface area contributed by atoms with Gasteiger partial charge in [0.15, 0.2) is 11.5 Å². The van der Waals surface area contributed by atoms with Crippen LogP contribution in [0.15, 0.2) is 53.3 Å². The maximum absolute atomic E-state index is 13.3. The maximum atomic E-state index is 13.3. The number of amides is 1. The van der Waals surface area contributed by atoms with E-state index in [1.165, 1.54) is 11.3 Å². The summed E-state index contributed by atoms with van der Waals surface area (Å²) in [6.07, 6.45) is 0.179. The summed E-state index contributed by atoms with van der Waals surface area (Å²) >= 11 is 1.18. The van der Waals surface area contributed by atoms with Gasteiger partial charge in [0, 0.05) is 24.9 Å². The first kappa shape index (κ1) is 20.2. The van der Waals surface area contributed by atoms with E-state index in [4.69, 9.17) is 9.47 Å². The molecule has 4 rings (SSSR count). The van der Waals surface area contributed by atoms with Crippen molar-refractivity contribution in [1.29, 1.82) is 0 Å². The minimum Gasteiger partial charge on any atom is -0.493 e. The SMILES string of the molecule is COc1cccc([C@H]2CC(=O)N(c3ccccc3)c3c2sc(=O)n3C)c1OC(C)C. The summed E-state index contributed by atoms with van der Waals surface area (Å²) in [6, 6.07) is 15.1. The molecule has 156 valence electrons. The van der Waals surface area contributed by atoms with E-state index in [0.717, 1.165) is 16.1 Å². The van der Waals surface area contributed by atoms with Crippen molar-refractivity contribution < 1.29 is 14.3 Å². The minimum atomic E-state index is -0.282. The van der Waals surface area contributed by atoms with E-state index in [-0.39, 0.29) is 29.2 Å². The fraction of sp³-hybridized carbons (Fsp3) is 0.304. The predicted octanol–water partition coefficient (Wildman–Crippen LogP) is 4.44. The molecule has 0 unspecified atom stereocenters. The summed E-state index contributed by atoms with van der Waals surface area (Å²) in [7, 11) is 3.31. The van der Waals surface area contributed by atoms with Crippen molar-refractivity contribution in [3.05, 3.63) is 68.6 Å². The molecule has 0 saturated carbocycles. The van der Waals surface area contributed by atoms with Crippen molar-refractivity contribution in [1.82, 2.24) is 4.57 Å². The Labute approximate surface area is 179 Å². The fourth-order valence-electron chi connectivity index (χ4n) is 3.85. The van der Waals surface area contributed by atoms with E-state index in [2.05, 4.69) is 0 Å². The molecule has 1 aromatic heterocycles. The second-order valence-corrected chi connectivity index (χ2v) is 8.47. The zero-order chi connectivity index (χ0) is 21.4. The number of rotatable bonds is 5. The van der Waals surface area contributed by atoms with Gasteiger partial charge in [0.05, 0.1) is 23.8 Å². The molecule has 0 saturated heterocycles. The summed E-state index contributed by atoms with van der Waals surface area (Å²) in [5, 5.41) is 0. The Morgan fingerprint density at radius 2 is 1.80 bits per heavy atom. The van der Waals surface area contributed by atoms with Crippen LogP contribution in [0.2, 0.25) is 0 Å². The van der Waals surface area contributed by atoms with Crippen LogP contribution in [-0.2, 0) is 11.8 Å². The number of hydrogen-bond acceptors (Lipinski definition) is 5. The quantitative estimate of drug-likeness (QED) is 0.607. The lowest BCUT2D eigenvalue weighted by Crippen LogP contribution is -2.34. The number of fused-ring (bicyclic) bond motifs is 1. The monoisotopic (exact) mass is 424 g/mol. The zero-order valence-corrected chi connectivity index (χ0v) is 18.2. The minimum absolute atomic E-state index is 0.0610. The first-order chi connectivity index (χ1) is 14.4. The third kappa shape index (κ3) is 3.39. The topological polar surface area (TPSA) is 60.8 Å². The third-order valence-corrected chi connectivity index (χ3v) is 6.27. The third-order valence-electron chi connectivity index (χ3n) is 5.14. The number of para-hydroxylation sites is 2. The van der Waals surface area contributed by atoms with Crippen molar-refractivity contribution >= 4 is 28.7 Å². The van der Waals surface area contributed by atoms with Crippen molar-refractivity contribution in [2.45, 2.75) is 32.3 Å². The van der Waals surface area contributed by atoms with Crippen molar-refractivity contribution in [2.75, 3.05) is 12.0 Å². The van der Waals surface area contributed by atoms with Crippen LogP contribution < -0.4 is 19.2 Å².